The second kappa shape index (κ2) is 15.0. The van der Waals surface area contributed by atoms with Gasteiger partial charge in [-0.3, -0.25) is 19.4 Å². The summed E-state index contributed by atoms with van der Waals surface area (Å²) in [5.74, 6) is -2.11. The first-order chi connectivity index (χ1) is 17.6. The summed E-state index contributed by atoms with van der Waals surface area (Å²) >= 11 is 1.52. The Hall–Kier alpha value is -3.33. The molecule has 1 aromatic heterocycles. The zero-order chi connectivity index (χ0) is 27.4. The summed E-state index contributed by atoms with van der Waals surface area (Å²) in [5, 5.41) is 14.8. The van der Waals surface area contributed by atoms with Crippen LogP contribution in [0.3, 0.4) is 0 Å². The van der Waals surface area contributed by atoms with Crippen LogP contribution in [0.25, 0.3) is 0 Å². The molecule has 1 fully saturated rings. The number of nitrogens with one attached hydrogen (secondary N) is 3. The molecule has 0 bridgehead atoms. The number of likely N-dealkylation sites (tertiary alicyclic amines) is 1. The zero-order valence-electron chi connectivity index (χ0n) is 20.9. The number of hydrogen-bond acceptors (Lipinski definition) is 8. The van der Waals surface area contributed by atoms with Crippen LogP contribution >= 0.6 is 11.8 Å². The summed E-state index contributed by atoms with van der Waals surface area (Å²) in [6.07, 6.45) is 6.97. The second-order valence-corrected chi connectivity index (χ2v) is 9.75. The van der Waals surface area contributed by atoms with Crippen molar-refractivity contribution in [1.82, 2.24) is 25.5 Å². The normalized spacial score (nSPS) is 17.5. The molecule has 1 aliphatic rings. The van der Waals surface area contributed by atoms with E-state index in [4.69, 9.17) is 17.2 Å². The van der Waals surface area contributed by atoms with E-state index in [9.17, 15) is 24.3 Å². The molecule has 1 saturated heterocycles. The minimum absolute atomic E-state index is 0.0959. The van der Waals surface area contributed by atoms with Gasteiger partial charge >= 0.3 is 5.97 Å². The van der Waals surface area contributed by atoms with Crippen molar-refractivity contribution in [1.29, 1.82) is 0 Å². The number of aromatic amines is 1. The van der Waals surface area contributed by atoms with E-state index in [1.807, 2.05) is 6.26 Å². The number of aromatic nitrogens is 2. The molecule has 2 heterocycles. The molecule has 10 N–H and O–H groups in total. The standard InChI is InChI=1S/C22H37N9O5S/c1-37-9-6-15(29-18(32)14(23)10-13-11-26-12-28-13)20(34)31-8-3-5-17(31)19(33)30-16(21(35)36)4-2-7-27-22(24)25/h11-12,14-17H,2-10,23H2,1H3,(H,26,28)(H,29,32)(H,30,33)(H,35,36)(H4,24,25,27). The van der Waals surface area contributed by atoms with Crippen LogP contribution < -0.4 is 27.8 Å². The summed E-state index contributed by atoms with van der Waals surface area (Å²) in [6, 6.07) is -3.74. The molecule has 1 aromatic rings. The van der Waals surface area contributed by atoms with Crippen LogP contribution in [-0.4, -0.2) is 98.9 Å². The maximum atomic E-state index is 13.4. The fourth-order valence-electron chi connectivity index (χ4n) is 4.03. The largest absolute Gasteiger partial charge is 0.480 e. The Balaban J connectivity index is 2.03. The molecule has 206 valence electrons. The number of thioether (sulfide) groups is 1. The smallest absolute Gasteiger partial charge is 0.326 e. The number of amides is 3. The van der Waals surface area contributed by atoms with E-state index < -0.39 is 47.9 Å². The number of carbonyl (C=O) groups excluding carboxylic acids is 3. The highest BCUT2D eigenvalue weighted by Gasteiger charge is 2.39. The number of carboxylic acid groups (broad SMARTS) is 1. The Morgan fingerprint density at radius 2 is 2.03 bits per heavy atom. The Kier molecular flexibility index (Phi) is 12.2. The van der Waals surface area contributed by atoms with Gasteiger partial charge in [0.15, 0.2) is 5.96 Å². The molecule has 0 aliphatic carbocycles. The van der Waals surface area contributed by atoms with Crippen molar-refractivity contribution < 1.29 is 24.3 Å². The Morgan fingerprint density at radius 3 is 2.65 bits per heavy atom. The summed E-state index contributed by atoms with van der Waals surface area (Å²) in [4.78, 5) is 62.9. The first kappa shape index (κ1) is 29.9. The Labute approximate surface area is 219 Å². The molecule has 2 rings (SSSR count). The highest BCUT2D eigenvalue weighted by molar-refractivity contribution is 7.98. The molecule has 0 saturated carbocycles. The number of rotatable bonds is 15. The van der Waals surface area contributed by atoms with E-state index in [0.29, 0.717) is 43.7 Å². The molecule has 4 unspecified atom stereocenters. The number of carboxylic acids is 1. The van der Waals surface area contributed by atoms with Crippen LogP contribution in [-0.2, 0) is 25.6 Å². The Morgan fingerprint density at radius 1 is 1.27 bits per heavy atom. The van der Waals surface area contributed by atoms with Gasteiger partial charge in [0.1, 0.15) is 18.1 Å². The Bertz CT molecular complexity index is 939. The SMILES string of the molecule is CSCCC(NC(=O)C(N)Cc1cnc[nH]1)C(=O)N1CCCC1C(=O)NC(CCCN=C(N)N)C(=O)O. The molecule has 15 heteroatoms. The maximum Gasteiger partial charge on any atom is 0.326 e. The minimum atomic E-state index is -1.19. The van der Waals surface area contributed by atoms with Crippen molar-refractivity contribution >= 4 is 41.4 Å². The number of H-pyrrole nitrogens is 1. The molecule has 1 aliphatic heterocycles. The van der Waals surface area contributed by atoms with Gasteiger partial charge in [-0.2, -0.15) is 11.8 Å². The lowest BCUT2D eigenvalue weighted by Crippen LogP contribution is -2.57. The second-order valence-electron chi connectivity index (χ2n) is 8.77. The fraction of sp³-hybridized carbons (Fsp3) is 0.636. The highest BCUT2D eigenvalue weighted by atomic mass is 32.2. The first-order valence-electron chi connectivity index (χ1n) is 12.0. The van der Waals surface area contributed by atoms with Crippen LogP contribution in [0.15, 0.2) is 17.5 Å². The molecule has 0 radical (unpaired) electrons. The number of imidazole rings is 1. The zero-order valence-corrected chi connectivity index (χ0v) is 21.7. The number of hydrogen-bond donors (Lipinski definition) is 7. The van der Waals surface area contributed by atoms with Gasteiger partial charge in [0.25, 0.3) is 0 Å². The number of guanidine groups is 1. The third-order valence-electron chi connectivity index (χ3n) is 5.96. The number of aliphatic carboxylic acids is 1. The van der Waals surface area contributed by atoms with E-state index in [1.165, 1.54) is 23.0 Å². The molecule has 4 atom stereocenters. The topological polar surface area (TPSA) is 235 Å². The molecule has 0 spiro atoms. The number of aliphatic imine (C=N–C) groups is 1. The maximum absolute atomic E-state index is 13.4. The molecule has 3 amide bonds. The van der Waals surface area contributed by atoms with E-state index >= 15 is 0 Å². The van der Waals surface area contributed by atoms with E-state index in [0.717, 1.165) is 0 Å². The van der Waals surface area contributed by atoms with E-state index in [1.54, 1.807) is 6.20 Å². The van der Waals surface area contributed by atoms with Crippen molar-refractivity contribution in [2.24, 2.45) is 22.2 Å². The molecule has 37 heavy (non-hydrogen) atoms. The monoisotopic (exact) mass is 539 g/mol. The third-order valence-corrected chi connectivity index (χ3v) is 6.60. The van der Waals surface area contributed by atoms with Crippen molar-refractivity contribution in [3.63, 3.8) is 0 Å². The summed E-state index contributed by atoms with van der Waals surface area (Å²) < 4.78 is 0. The van der Waals surface area contributed by atoms with Gasteiger partial charge in [-0.05, 0) is 44.1 Å². The quantitative estimate of drug-likeness (QED) is 0.0744. The van der Waals surface area contributed by atoms with Crippen LogP contribution in [0.1, 0.15) is 37.8 Å². The van der Waals surface area contributed by atoms with Gasteiger partial charge in [0, 0.05) is 31.4 Å². The van der Waals surface area contributed by atoms with E-state index in [-0.39, 0.29) is 25.3 Å². The van der Waals surface area contributed by atoms with Gasteiger partial charge in [0.2, 0.25) is 17.7 Å². The number of nitrogens with zero attached hydrogens (tertiary/aromatic N) is 3. The van der Waals surface area contributed by atoms with Crippen LogP contribution in [0, 0.1) is 0 Å². The summed E-state index contributed by atoms with van der Waals surface area (Å²) in [7, 11) is 0. The molecular weight excluding hydrogens is 502 g/mol. The first-order valence-corrected chi connectivity index (χ1v) is 13.4. The molecule has 0 aromatic carbocycles. The lowest BCUT2D eigenvalue weighted by atomic mass is 10.1. The van der Waals surface area contributed by atoms with Gasteiger partial charge < -0.3 is 42.8 Å². The van der Waals surface area contributed by atoms with Crippen molar-refractivity contribution in [3.05, 3.63) is 18.2 Å². The predicted octanol–water partition coefficient (Wildman–Crippen LogP) is -1.87. The van der Waals surface area contributed by atoms with Crippen molar-refractivity contribution in [3.8, 4) is 0 Å². The van der Waals surface area contributed by atoms with Crippen LogP contribution in [0.4, 0.5) is 0 Å². The predicted molar refractivity (Wildman–Crippen MR) is 139 cm³/mol. The number of carbonyl (C=O) groups is 4. The van der Waals surface area contributed by atoms with E-state index in [2.05, 4.69) is 25.6 Å². The van der Waals surface area contributed by atoms with Crippen LogP contribution in [0.5, 0.6) is 0 Å². The van der Waals surface area contributed by atoms with Gasteiger partial charge in [-0.25, -0.2) is 9.78 Å². The minimum Gasteiger partial charge on any atom is -0.480 e. The average Bonchev–Trinajstić information content (AvgIpc) is 3.55. The lowest BCUT2D eigenvalue weighted by molar-refractivity contribution is -0.145. The lowest BCUT2D eigenvalue weighted by Gasteiger charge is -2.30. The molecule has 14 nitrogen and oxygen atoms in total. The van der Waals surface area contributed by atoms with Gasteiger partial charge in [-0.15, -0.1) is 0 Å². The fourth-order valence-corrected chi connectivity index (χ4v) is 4.50. The summed E-state index contributed by atoms with van der Waals surface area (Å²) in [5.41, 5.74) is 17.3. The van der Waals surface area contributed by atoms with Crippen LogP contribution in [0.2, 0.25) is 0 Å². The van der Waals surface area contributed by atoms with Gasteiger partial charge in [-0.1, -0.05) is 0 Å². The summed E-state index contributed by atoms with van der Waals surface area (Å²) in [6.45, 7) is 0.556. The molecular formula is C22H37N9O5S. The average molecular weight is 540 g/mol. The van der Waals surface area contributed by atoms with Gasteiger partial charge in [0.05, 0.1) is 12.4 Å². The van der Waals surface area contributed by atoms with Crippen molar-refractivity contribution in [2.45, 2.75) is 62.7 Å². The third kappa shape index (κ3) is 9.57. The highest BCUT2D eigenvalue weighted by Crippen LogP contribution is 2.20. The number of nitrogens with two attached hydrogens (primary N) is 3. The van der Waals surface area contributed by atoms with Crippen molar-refractivity contribution in [2.75, 3.05) is 25.1 Å².